The van der Waals surface area contributed by atoms with Crippen molar-refractivity contribution in [2.75, 3.05) is 19.6 Å². The van der Waals surface area contributed by atoms with Gasteiger partial charge in [0.2, 0.25) is 0 Å². The van der Waals surface area contributed by atoms with E-state index < -0.39 is 0 Å². The van der Waals surface area contributed by atoms with Gasteiger partial charge in [0, 0.05) is 24.7 Å². The Bertz CT molecular complexity index is 395. The standard InChI is InChI=1S/C17H26N2/c1-15(16-8-3-2-4-9-16)19-13-7-12-18-17(14-19)10-5-6-11-17/h2-4,8-9,15,18H,5-7,10-14H2,1H3. The predicted octanol–water partition coefficient (Wildman–Crippen LogP) is 3.36. The van der Waals surface area contributed by atoms with Crippen molar-refractivity contribution in [3.05, 3.63) is 35.9 Å². The van der Waals surface area contributed by atoms with Crippen LogP contribution in [0.2, 0.25) is 0 Å². The summed E-state index contributed by atoms with van der Waals surface area (Å²) < 4.78 is 0. The highest BCUT2D eigenvalue weighted by molar-refractivity contribution is 5.18. The van der Waals surface area contributed by atoms with E-state index in [9.17, 15) is 0 Å². The Labute approximate surface area is 117 Å². The Balaban J connectivity index is 1.75. The summed E-state index contributed by atoms with van der Waals surface area (Å²) in [5.41, 5.74) is 1.87. The van der Waals surface area contributed by atoms with Crippen LogP contribution in [0.25, 0.3) is 0 Å². The van der Waals surface area contributed by atoms with Crippen LogP contribution in [0.1, 0.15) is 50.6 Å². The Morgan fingerprint density at radius 1 is 1.11 bits per heavy atom. The quantitative estimate of drug-likeness (QED) is 0.875. The van der Waals surface area contributed by atoms with Gasteiger partial charge in [-0.2, -0.15) is 0 Å². The Hall–Kier alpha value is -0.860. The van der Waals surface area contributed by atoms with Gasteiger partial charge in [0.15, 0.2) is 0 Å². The molecule has 0 amide bonds. The Morgan fingerprint density at radius 2 is 1.84 bits per heavy atom. The third-order valence-electron chi connectivity index (χ3n) is 5.02. The highest BCUT2D eigenvalue weighted by Crippen LogP contribution is 2.34. The average Bonchev–Trinajstić information content (AvgIpc) is 2.80. The number of hydrogen-bond donors (Lipinski definition) is 1. The van der Waals surface area contributed by atoms with Gasteiger partial charge in [-0.15, -0.1) is 0 Å². The normalized spacial score (nSPS) is 25.3. The van der Waals surface area contributed by atoms with Crippen molar-refractivity contribution in [1.82, 2.24) is 10.2 Å². The zero-order chi connectivity index (χ0) is 13.1. The second-order valence-corrected chi connectivity index (χ2v) is 6.32. The highest BCUT2D eigenvalue weighted by atomic mass is 15.2. The van der Waals surface area contributed by atoms with Crippen LogP contribution in [0.15, 0.2) is 30.3 Å². The van der Waals surface area contributed by atoms with Gasteiger partial charge in [-0.1, -0.05) is 43.2 Å². The van der Waals surface area contributed by atoms with Gasteiger partial charge in [0.25, 0.3) is 0 Å². The second-order valence-electron chi connectivity index (χ2n) is 6.32. The van der Waals surface area contributed by atoms with Crippen LogP contribution in [0.5, 0.6) is 0 Å². The van der Waals surface area contributed by atoms with Gasteiger partial charge < -0.3 is 5.32 Å². The number of nitrogens with one attached hydrogen (secondary N) is 1. The lowest BCUT2D eigenvalue weighted by Gasteiger charge is -2.36. The van der Waals surface area contributed by atoms with E-state index in [0.717, 1.165) is 0 Å². The summed E-state index contributed by atoms with van der Waals surface area (Å²) in [5, 5.41) is 3.85. The van der Waals surface area contributed by atoms with E-state index in [1.165, 1.54) is 57.3 Å². The molecular formula is C17H26N2. The Kier molecular flexibility index (Phi) is 3.90. The molecule has 1 spiro atoms. The molecule has 1 atom stereocenters. The van der Waals surface area contributed by atoms with Crippen molar-refractivity contribution >= 4 is 0 Å². The maximum Gasteiger partial charge on any atom is 0.0320 e. The van der Waals surface area contributed by atoms with Crippen LogP contribution >= 0.6 is 0 Å². The van der Waals surface area contributed by atoms with Crippen molar-refractivity contribution in [3.8, 4) is 0 Å². The first-order valence-electron chi connectivity index (χ1n) is 7.83. The first-order valence-corrected chi connectivity index (χ1v) is 7.83. The molecule has 2 heteroatoms. The first-order chi connectivity index (χ1) is 9.29. The van der Waals surface area contributed by atoms with Gasteiger partial charge in [-0.25, -0.2) is 0 Å². The van der Waals surface area contributed by atoms with Crippen LogP contribution in [0.4, 0.5) is 0 Å². The van der Waals surface area contributed by atoms with E-state index in [0.29, 0.717) is 11.6 Å². The van der Waals surface area contributed by atoms with Crippen LogP contribution in [0.3, 0.4) is 0 Å². The summed E-state index contributed by atoms with van der Waals surface area (Å²) in [6.07, 6.45) is 6.82. The summed E-state index contributed by atoms with van der Waals surface area (Å²) in [4.78, 5) is 2.70. The van der Waals surface area contributed by atoms with Crippen molar-refractivity contribution < 1.29 is 0 Å². The Morgan fingerprint density at radius 3 is 2.58 bits per heavy atom. The maximum absolute atomic E-state index is 3.85. The van der Waals surface area contributed by atoms with Gasteiger partial charge in [-0.3, -0.25) is 4.90 Å². The molecule has 104 valence electrons. The topological polar surface area (TPSA) is 15.3 Å². The molecule has 0 radical (unpaired) electrons. The summed E-state index contributed by atoms with van der Waals surface area (Å²) in [7, 11) is 0. The molecule has 1 unspecified atom stereocenters. The summed E-state index contributed by atoms with van der Waals surface area (Å²) in [6, 6.07) is 11.5. The van der Waals surface area contributed by atoms with Crippen molar-refractivity contribution in [1.29, 1.82) is 0 Å². The van der Waals surface area contributed by atoms with Gasteiger partial charge in [0.1, 0.15) is 0 Å². The van der Waals surface area contributed by atoms with Crippen LogP contribution in [-0.2, 0) is 0 Å². The second kappa shape index (κ2) is 5.64. The van der Waals surface area contributed by atoms with Crippen molar-refractivity contribution in [2.45, 2.75) is 50.6 Å². The molecule has 2 fully saturated rings. The van der Waals surface area contributed by atoms with Crippen molar-refractivity contribution in [3.63, 3.8) is 0 Å². The molecule has 1 aliphatic heterocycles. The van der Waals surface area contributed by atoms with E-state index in [1.807, 2.05) is 0 Å². The lowest BCUT2D eigenvalue weighted by molar-refractivity contribution is 0.166. The molecule has 2 nitrogen and oxygen atoms in total. The van der Waals surface area contributed by atoms with E-state index in [-0.39, 0.29) is 0 Å². The minimum absolute atomic E-state index is 0.416. The predicted molar refractivity (Wildman–Crippen MR) is 80.2 cm³/mol. The van der Waals surface area contributed by atoms with E-state index in [2.05, 4.69) is 47.5 Å². The molecule has 1 heterocycles. The van der Waals surface area contributed by atoms with E-state index in [4.69, 9.17) is 0 Å². The lowest BCUT2D eigenvalue weighted by Crippen LogP contribution is -2.49. The smallest absolute Gasteiger partial charge is 0.0320 e. The molecular weight excluding hydrogens is 232 g/mol. The molecule has 1 saturated heterocycles. The van der Waals surface area contributed by atoms with E-state index in [1.54, 1.807) is 0 Å². The zero-order valence-electron chi connectivity index (χ0n) is 12.1. The summed E-state index contributed by atoms with van der Waals surface area (Å²) in [5.74, 6) is 0. The molecule has 1 aromatic rings. The SMILES string of the molecule is CC(c1ccccc1)N1CCCNC2(CCCC2)C1. The molecule has 19 heavy (non-hydrogen) atoms. The van der Waals surface area contributed by atoms with Crippen molar-refractivity contribution in [2.24, 2.45) is 0 Å². The summed E-state index contributed by atoms with van der Waals surface area (Å²) >= 11 is 0. The minimum Gasteiger partial charge on any atom is -0.310 e. The molecule has 1 N–H and O–H groups in total. The number of hydrogen-bond acceptors (Lipinski definition) is 2. The highest BCUT2D eigenvalue weighted by Gasteiger charge is 2.37. The van der Waals surface area contributed by atoms with E-state index >= 15 is 0 Å². The third-order valence-corrected chi connectivity index (χ3v) is 5.02. The lowest BCUT2D eigenvalue weighted by atomic mass is 9.95. The molecule has 0 bridgehead atoms. The minimum atomic E-state index is 0.416. The van der Waals surface area contributed by atoms with Gasteiger partial charge in [0.05, 0.1) is 0 Å². The van der Waals surface area contributed by atoms with Gasteiger partial charge in [-0.05, 0) is 38.3 Å². The third kappa shape index (κ3) is 2.85. The van der Waals surface area contributed by atoms with Crippen LogP contribution < -0.4 is 5.32 Å². The summed E-state index contributed by atoms with van der Waals surface area (Å²) in [6.45, 7) is 6.01. The zero-order valence-corrected chi connectivity index (χ0v) is 12.1. The average molecular weight is 258 g/mol. The molecule has 2 aliphatic rings. The maximum atomic E-state index is 3.85. The van der Waals surface area contributed by atoms with Gasteiger partial charge >= 0.3 is 0 Å². The number of nitrogens with zero attached hydrogens (tertiary/aromatic N) is 1. The number of rotatable bonds is 2. The molecule has 1 aliphatic carbocycles. The fraction of sp³-hybridized carbons (Fsp3) is 0.647. The fourth-order valence-corrected chi connectivity index (χ4v) is 3.82. The number of benzene rings is 1. The molecule has 3 rings (SSSR count). The van der Waals surface area contributed by atoms with Crippen LogP contribution in [-0.4, -0.2) is 30.1 Å². The molecule has 0 aromatic heterocycles. The fourth-order valence-electron chi connectivity index (χ4n) is 3.82. The molecule has 1 aromatic carbocycles. The van der Waals surface area contributed by atoms with Crippen LogP contribution in [0, 0.1) is 0 Å². The first kappa shape index (κ1) is 13.1. The monoisotopic (exact) mass is 258 g/mol. The molecule has 1 saturated carbocycles. The largest absolute Gasteiger partial charge is 0.310 e.